The summed E-state index contributed by atoms with van der Waals surface area (Å²) in [7, 11) is 0. The first kappa shape index (κ1) is 13.6. The van der Waals surface area contributed by atoms with Crippen LogP contribution in [0.5, 0.6) is 0 Å². The lowest BCUT2D eigenvalue weighted by Crippen LogP contribution is -2.27. The van der Waals surface area contributed by atoms with Crippen LogP contribution in [0.4, 0.5) is 11.6 Å². The van der Waals surface area contributed by atoms with Gasteiger partial charge < -0.3 is 15.7 Å². The summed E-state index contributed by atoms with van der Waals surface area (Å²) in [5.74, 6) is 0.773. The highest BCUT2D eigenvalue weighted by atomic mass is 35.5. The fourth-order valence-corrected chi connectivity index (χ4v) is 2.00. The van der Waals surface area contributed by atoms with Crippen LogP contribution < -0.4 is 10.6 Å². The third kappa shape index (κ3) is 3.33. The minimum absolute atomic E-state index is 0.00701. The summed E-state index contributed by atoms with van der Waals surface area (Å²) in [6.45, 7) is 1.02. The number of nitrogens with zero attached hydrogens (tertiary/aromatic N) is 3. The van der Waals surface area contributed by atoms with Crippen LogP contribution in [-0.2, 0) is 6.54 Å². The molecule has 0 spiro atoms. The van der Waals surface area contributed by atoms with Gasteiger partial charge in [-0.25, -0.2) is 9.97 Å². The minimum Gasteiger partial charge on any atom is -0.395 e. The summed E-state index contributed by atoms with van der Waals surface area (Å²) in [6.07, 6.45) is 1.37. The van der Waals surface area contributed by atoms with Gasteiger partial charge in [0.1, 0.15) is 17.2 Å². The number of anilines is 2. The number of rotatable bonds is 5. The Labute approximate surface area is 116 Å². The highest BCUT2D eigenvalue weighted by Crippen LogP contribution is 2.27. The van der Waals surface area contributed by atoms with Crippen LogP contribution in [0.3, 0.4) is 0 Å². The van der Waals surface area contributed by atoms with Crippen molar-refractivity contribution in [2.75, 3.05) is 23.8 Å². The highest BCUT2D eigenvalue weighted by molar-refractivity contribution is 6.35. The maximum Gasteiger partial charge on any atom is 0.153 e. The molecule has 0 aliphatic rings. The maximum absolute atomic E-state index is 9.18. The van der Waals surface area contributed by atoms with E-state index in [1.807, 2.05) is 35.2 Å². The average molecular weight is 279 g/mol. The second-order valence-corrected chi connectivity index (χ2v) is 4.41. The summed E-state index contributed by atoms with van der Waals surface area (Å²) >= 11 is 6.12. The van der Waals surface area contributed by atoms with Gasteiger partial charge in [0, 0.05) is 13.1 Å². The van der Waals surface area contributed by atoms with E-state index in [0.717, 1.165) is 5.56 Å². The molecule has 1 aromatic heterocycles. The number of hydrogen-bond donors (Lipinski definition) is 2. The van der Waals surface area contributed by atoms with Gasteiger partial charge in [-0.3, -0.25) is 0 Å². The van der Waals surface area contributed by atoms with Crippen molar-refractivity contribution in [3.8, 4) is 0 Å². The van der Waals surface area contributed by atoms with E-state index < -0.39 is 0 Å². The van der Waals surface area contributed by atoms with Crippen LogP contribution in [-0.4, -0.2) is 28.2 Å². The number of benzene rings is 1. The quantitative estimate of drug-likeness (QED) is 0.871. The molecule has 0 unspecified atom stereocenters. The Bertz CT molecular complexity index is 535. The number of aromatic nitrogens is 2. The molecule has 19 heavy (non-hydrogen) atoms. The molecule has 0 aliphatic heterocycles. The van der Waals surface area contributed by atoms with Gasteiger partial charge in [-0.15, -0.1) is 0 Å². The van der Waals surface area contributed by atoms with Crippen LogP contribution in [0.2, 0.25) is 5.02 Å². The second kappa shape index (κ2) is 6.36. The molecule has 0 aliphatic carbocycles. The number of halogens is 1. The molecular weight excluding hydrogens is 264 g/mol. The van der Waals surface area contributed by atoms with Crippen molar-refractivity contribution in [1.82, 2.24) is 9.97 Å². The summed E-state index contributed by atoms with van der Waals surface area (Å²) in [4.78, 5) is 9.85. The molecule has 2 rings (SSSR count). The normalized spacial score (nSPS) is 10.4. The van der Waals surface area contributed by atoms with E-state index in [2.05, 4.69) is 9.97 Å². The molecule has 1 heterocycles. The number of nitrogen functional groups attached to an aromatic ring is 1. The van der Waals surface area contributed by atoms with Crippen molar-refractivity contribution in [1.29, 1.82) is 0 Å². The monoisotopic (exact) mass is 278 g/mol. The average Bonchev–Trinajstić information content (AvgIpc) is 2.43. The van der Waals surface area contributed by atoms with Crippen molar-refractivity contribution < 1.29 is 5.11 Å². The predicted molar refractivity (Wildman–Crippen MR) is 76.0 cm³/mol. The Balaban J connectivity index is 2.27. The Kier molecular flexibility index (Phi) is 4.54. The van der Waals surface area contributed by atoms with Gasteiger partial charge in [0.2, 0.25) is 0 Å². The van der Waals surface area contributed by atoms with Crippen molar-refractivity contribution in [2.45, 2.75) is 6.54 Å². The zero-order valence-corrected chi connectivity index (χ0v) is 11.1. The van der Waals surface area contributed by atoms with Gasteiger partial charge in [-0.1, -0.05) is 41.9 Å². The van der Waals surface area contributed by atoms with Crippen LogP contribution in [0, 0.1) is 0 Å². The van der Waals surface area contributed by atoms with E-state index in [0.29, 0.717) is 23.9 Å². The van der Waals surface area contributed by atoms with E-state index >= 15 is 0 Å². The molecular formula is C13H15ClN4O. The first-order valence-corrected chi connectivity index (χ1v) is 6.26. The summed E-state index contributed by atoms with van der Waals surface area (Å²) in [5, 5.41) is 9.49. The van der Waals surface area contributed by atoms with Gasteiger partial charge in [-0.2, -0.15) is 0 Å². The fraction of sp³-hybridized carbons (Fsp3) is 0.231. The molecule has 3 N–H and O–H groups in total. The van der Waals surface area contributed by atoms with Crippen LogP contribution in [0.1, 0.15) is 5.56 Å². The van der Waals surface area contributed by atoms with Gasteiger partial charge >= 0.3 is 0 Å². The van der Waals surface area contributed by atoms with E-state index in [1.165, 1.54) is 6.33 Å². The number of hydrogen-bond acceptors (Lipinski definition) is 5. The van der Waals surface area contributed by atoms with Gasteiger partial charge in [0.05, 0.1) is 6.61 Å². The maximum atomic E-state index is 9.18. The zero-order valence-electron chi connectivity index (χ0n) is 10.3. The van der Waals surface area contributed by atoms with E-state index in [9.17, 15) is 5.11 Å². The lowest BCUT2D eigenvalue weighted by molar-refractivity contribution is 0.301. The Hall–Kier alpha value is -1.85. The number of aliphatic hydroxyl groups excluding tert-OH is 1. The molecule has 2 aromatic rings. The summed E-state index contributed by atoms with van der Waals surface area (Å²) in [5.41, 5.74) is 6.78. The lowest BCUT2D eigenvalue weighted by Gasteiger charge is -2.23. The molecule has 1 aromatic carbocycles. The molecule has 0 radical (unpaired) electrons. The first-order chi connectivity index (χ1) is 9.22. The third-order valence-electron chi connectivity index (χ3n) is 2.68. The summed E-state index contributed by atoms with van der Waals surface area (Å²) in [6, 6.07) is 9.88. The third-order valence-corrected chi connectivity index (χ3v) is 3.05. The van der Waals surface area contributed by atoms with Crippen LogP contribution in [0.25, 0.3) is 0 Å². The van der Waals surface area contributed by atoms with Crippen molar-refractivity contribution in [3.63, 3.8) is 0 Å². The fourth-order valence-electron chi connectivity index (χ4n) is 1.78. The molecule has 0 bridgehead atoms. The predicted octanol–water partition coefficient (Wildman–Crippen LogP) is 1.71. The van der Waals surface area contributed by atoms with E-state index in [-0.39, 0.29) is 12.4 Å². The topological polar surface area (TPSA) is 75.3 Å². The van der Waals surface area contributed by atoms with Crippen molar-refractivity contribution in [2.24, 2.45) is 0 Å². The lowest BCUT2D eigenvalue weighted by atomic mass is 10.2. The molecule has 0 saturated carbocycles. The molecule has 100 valence electrons. The second-order valence-electron chi connectivity index (χ2n) is 4.03. The molecule has 0 saturated heterocycles. The standard InChI is InChI=1S/C13H15ClN4O/c14-11-12(15)16-9-17-13(11)18(6-7-19)8-10-4-2-1-3-5-10/h1-5,9,19H,6-8H2,(H2,15,16,17). The Morgan fingerprint density at radius 1 is 1.21 bits per heavy atom. The van der Waals surface area contributed by atoms with E-state index in [4.69, 9.17) is 17.3 Å². The Morgan fingerprint density at radius 3 is 2.63 bits per heavy atom. The SMILES string of the molecule is Nc1ncnc(N(CCO)Cc2ccccc2)c1Cl. The first-order valence-electron chi connectivity index (χ1n) is 5.88. The number of aliphatic hydroxyl groups is 1. The van der Waals surface area contributed by atoms with E-state index in [1.54, 1.807) is 0 Å². The van der Waals surface area contributed by atoms with Crippen molar-refractivity contribution in [3.05, 3.63) is 47.2 Å². The smallest absolute Gasteiger partial charge is 0.153 e. The van der Waals surface area contributed by atoms with Crippen molar-refractivity contribution >= 4 is 23.2 Å². The highest BCUT2D eigenvalue weighted by Gasteiger charge is 2.14. The Morgan fingerprint density at radius 2 is 1.95 bits per heavy atom. The molecule has 0 atom stereocenters. The largest absolute Gasteiger partial charge is 0.395 e. The van der Waals surface area contributed by atoms with Crippen LogP contribution in [0.15, 0.2) is 36.7 Å². The molecule has 0 fully saturated rings. The number of nitrogens with two attached hydrogens (primary N) is 1. The minimum atomic E-state index is 0.00701. The molecule has 0 amide bonds. The zero-order chi connectivity index (χ0) is 13.7. The summed E-state index contributed by atoms with van der Waals surface area (Å²) < 4.78 is 0. The van der Waals surface area contributed by atoms with Gasteiger partial charge in [0.15, 0.2) is 5.82 Å². The molecule has 6 heteroatoms. The van der Waals surface area contributed by atoms with Crippen LogP contribution >= 0.6 is 11.6 Å². The van der Waals surface area contributed by atoms with Gasteiger partial charge in [0.25, 0.3) is 0 Å². The molecule has 5 nitrogen and oxygen atoms in total. The van der Waals surface area contributed by atoms with Gasteiger partial charge in [-0.05, 0) is 5.56 Å².